The first-order chi connectivity index (χ1) is 10.0. The van der Waals surface area contributed by atoms with Crippen LogP contribution in [0.2, 0.25) is 0 Å². The third kappa shape index (κ3) is 2.78. The number of nitrogens with two attached hydrogens (primary N) is 1. The molecule has 0 bridgehead atoms. The second kappa shape index (κ2) is 5.25. The van der Waals surface area contributed by atoms with E-state index in [9.17, 15) is 8.78 Å². The van der Waals surface area contributed by atoms with Crippen molar-refractivity contribution in [1.82, 2.24) is 10.1 Å². The molecule has 7 heteroatoms. The molecule has 3 aromatic rings. The highest BCUT2D eigenvalue weighted by Gasteiger charge is 2.13. The van der Waals surface area contributed by atoms with Gasteiger partial charge in [0.05, 0.1) is 0 Å². The van der Waals surface area contributed by atoms with Gasteiger partial charge in [-0.1, -0.05) is 21.1 Å². The number of nitrogens with zero attached hydrogens (tertiary/aromatic N) is 2. The molecule has 0 aliphatic rings. The van der Waals surface area contributed by atoms with E-state index in [1.807, 2.05) is 0 Å². The van der Waals surface area contributed by atoms with Crippen molar-refractivity contribution in [2.45, 2.75) is 0 Å². The number of nitrogen functional groups attached to an aromatic ring is 1. The average molecular weight is 352 g/mol. The van der Waals surface area contributed by atoms with E-state index in [1.165, 1.54) is 6.07 Å². The molecule has 0 unspecified atom stereocenters. The molecule has 1 aromatic heterocycles. The standard InChI is InChI=1S/C14H8BrF2N3O/c15-9-3-8(4-10(18)6-9)14-19-13(20-21-14)7-1-2-11(16)12(17)5-7/h1-6H,18H2. The lowest BCUT2D eigenvalue weighted by atomic mass is 10.2. The van der Waals surface area contributed by atoms with Crippen molar-refractivity contribution >= 4 is 21.6 Å². The first kappa shape index (κ1) is 13.7. The maximum atomic E-state index is 13.2. The molecule has 0 aliphatic heterocycles. The molecule has 2 N–H and O–H groups in total. The van der Waals surface area contributed by atoms with Crippen molar-refractivity contribution in [2.24, 2.45) is 0 Å². The van der Waals surface area contributed by atoms with Crippen LogP contribution in [0.5, 0.6) is 0 Å². The smallest absolute Gasteiger partial charge is 0.258 e. The van der Waals surface area contributed by atoms with Crippen molar-refractivity contribution in [3.63, 3.8) is 0 Å². The Hall–Kier alpha value is -2.28. The van der Waals surface area contributed by atoms with Crippen LogP contribution in [0.1, 0.15) is 0 Å². The number of halogens is 3. The van der Waals surface area contributed by atoms with Crippen molar-refractivity contribution in [1.29, 1.82) is 0 Å². The van der Waals surface area contributed by atoms with Gasteiger partial charge in [-0.15, -0.1) is 0 Å². The Labute approximate surface area is 126 Å². The normalized spacial score (nSPS) is 10.8. The first-order valence-electron chi connectivity index (χ1n) is 5.88. The third-order valence-electron chi connectivity index (χ3n) is 2.77. The Morgan fingerprint density at radius 2 is 1.81 bits per heavy atom. The minimum Gasteiger partial charge on any atom is -0.399 e. The van der Waals surface area contributed by atoms with Crippen molar-refractivity contribution in [3.05, 3.63) is 52.5 Å². The molecule has 1 heterocycles. The summed E-state index contributed by atoms with van der Waals surface area (Å²) in [5.41, 5.74) is 7.23. The molecular formula is C14H8BrF2N3O. The van der Waals surface area contributed by atoms with Gasteiger partial charge in [0, 0.05) is 21.3 Å². The summed E-state index contributed by atoms with van der Waals surface area (Å²) in [4.78, 5) is 4.16. The summed E-state index contributed by atoms with van der Waals surface area (Å²) < 4.78 is 32.0. The Bertz CT molecular complexity index is 799. The minimum absolute atomic E-state index is 0.169. The van der Waals surface area contributed by atoms with Crippen LogP contribution >= 0.6 is 15.9 Å². The van der Waals surface area contributed by atoms with Crippen molar-refractivity contribution in [2.75, 3.05) is 5.73 Å². The van der Waals surface area contributed by atoms with Crippen LogP contribution in [0.25, 0.3) is 22.8 Å². The van der Waals surface area contributed by atoms with Gasteiger partial charge in [0.1, 0.15) is 0 Å². The van der Waals surface area contributed by atoms with Gasteiger partial charge in [-0.2, -0.15) is 4.98 Å². The molecule has 0 saturated carbocycles. The molecule has 21 heavy (non-hydrogen) atoms. The SMILES string of the molecule is Nc1cc(Br)cc(-c2nc(-c3ccc(F)c(F)c3)no2)c1. The Balaban J connectivity index is 2.01. The Morgan fingerprint density at radius 3 is 2.52 bits per heavy atom. The van der Waals surface area contributed by atoms with Gasteiger partial charge >= 0.3 is 0 Å². The van der Waals surface area contributed by atoms with E-state index >= 15 is 0 Å². The van der Waals surface area contributed by atoms with Crippen LogP contribution in [0, 0.1) is 11.6 Å². The maximum absolute atomic E-state index is 13.2. The van der Waals surface area contributed by atoms with Gasteiger partial charge in [0.2, 0.25) is 5.82 Å². The molecule has 3 rings (SSSR count). The lowest BCUT2D eigenvalue weighted by Gasteiger charge is -1.98. The zero-order chi connectivity index (χ0) is 15.0. The van der Waals surface area contributed by atoms with Gasteiger partial charge in [-0.3, -0.25) is 0 Å². The Kier molecular flexibility index (Phi) is 3.42. The Morgan fingerprint density at radius 1 is 1.00 bits per heavy atom. The zero-order valence-electron chi connectivity index (χ0n) is 10.5. The summed E-state index contributed by atoms with van der Waals surface area (Å²) in [5, 5.41) is 3.76. The summed E-state index contributed by atoms with van der Waals surface area (Å²) in [6.45, 7) is 0. The predicted octanol–water partition coefficient (Wildman–Crippen LogP) is 4.03. The number of anilines is 1. The van der Waals surface area contributed by atoms with E-state index in [0.29, 0.717) is 16.8 Å². The molecule has 0 fully saturated rings. The lowest BCUT2D eigenvalue weighted by molar-refractivity contribution is 0.432. The molecule has 0 spiro atoms. The van der Waals surface area contributed by atoms with Crippen LogP contribution in [0.15, 0.2) is 45.4 Å². The van der Waals surface area contributed by atoms with Crippen molar-refractivity contribution in [3.8, 4) is 22.8 Å². The van der Waals surface area contributed by atoms with E-state index in [1.54, 1.807) is 18.2 Å². The number of rotatable bonds is 2. The average Bonchev–Trinajstić information content (AvgIpc) is 2.90. The monoisotopic (exact) mass is 351 g/mol. The van der Waals surface area contributed by atoms with E-state index < -0.39 is 11.6 Å². The van der Waals surface area contributed by atoms with Crippen LogP contribution in [-0.4, -0.2) is 10.1 Å². The quantitative estimate of drug-likeness (QED) is 0.708. The molecule has 106 valence electrons. The van der Waals surface area contributed by atoms with Crippen LogP contribution < -0.4 is 5.73 Å². The lowest BCUT2D eigenvalue weighted by Crippen LogP contribution is -1.88. The number of aromatic nitrogens is 2. The molecular weight excluding hydrogens is 344 g/mol. The fourth-order valence-electron chi connectivity index (χ4n) is 1.83. The van der Waals surface area contributed by atoms with Crippen LogP contribution in [0.4, 0.5) is 14.5 Å². The third-order valence-corrected chi connectivity index (χ3v) is 3.23. The molecule has 0 aliphatic carbocycles. The highest BCUT2D eigenvalue weighted by Crippen LogP contribution is 2.27. The largest absolute Gasteiger partial charge is 0.399 e. The zero-order valence-corrected chi connectivity index (χ0v) is 12.1. The topological polar surface area (TPSA) is 64.9 Å². The molecule has 2 aromatic carbocycles. The molecule has 0 saturated heterocycles. The minimum atomic E-state index is -0.967. The van der Waals surface area contributed by atoms with Gasteiger partial charge in [0.25, 0.3) is 5.89 Å². The van der Waals surface area contributed by atoms with Crippen LogP contribution in [0.3, 0.4) is 0 Å². The highest BCUT2D eigenvalue weighted by molar-refractivity contribution is 9.10. The van der Waals surface area contributed by atoms with Gasteiger partial charge < -0.3 is 10.3 Å². The highest BCUT2D eigenvalue weighted by atomic mass is 79.9. The summed E-state index contributed by atoms with van der Waals surface area (Å²) in [6, 6.07) is 8.57. The predicted molar refractivity (Wildman–Crippen MR) is 77.2 cm³/mol. The van der Waals surface area contributed by atoms with E-state index in [-0.39, 0.29) is 11.7 Å². The van der Waals surface area contributed by atoms with E-state index in [0.717, 1.165) is 16.6 Å². The van der Waals surface area contributed by atoms with E-state index in [2.05, 4.69) is 26.1 Å². The van der Waals surface area contributed by atoms with Gasteiger partial charge in [0.15, 0.2) is 11.6 Å². The molecule has 4 nitrogen and oxygen atoms in total. The number of hydrogen-bond donors (Lipinski definition) is 1. The van der Waals surface area contributed by atoms with E-state index in [4.69, 9.17) is 10.3 Å². The maximum Gasteiger partial charge on any atom is 0.258 e. The summed E-state index contributed by atoms with van der Waals surface area (Å²) >= 11 is 3.32. The number of hydrogen-bond acceptors (Lipinski definition) is 4. The second-order valence-corrected chi connectivity index (χ2v) is 5.24. The second-order valence-electron chi connectivity index (χ2n) is 4.33. The summed E-state index contributed by atoms with van der Waals surface area (Å²) in [7, 11) is 0. The molecule has 0 amide bonds. The molecule has 0 radical (unpaired) electrons. The fraction of sp³-hybridized carbons (Fsp3) is 0. The van der Waals surface area contributed by atoms with Gasteiger partial charge in [-0.25, -0.2) is 8.78 Å². The molecule has 0 atom stereocenters. The fourth-order valence-corrected chi connectivity index (χ4v) is 2.34. The van der Waals surface area contributed by atoms with Crippen LogP contribution in [-0.2, 0) is 0 Å². The summed E-state index contributed by atoms with van der Waals surface area (Å²) in [6.07, 6.45) is 0. The van der Waals surface area contributed by atoms with Gasteiger partial charge in [-0.05, 0) is 36.4 Å². The number of benzene rings is 2. The summed E-state index contributed by atoms with van der Waals surface area (Å²) in [5.74, 6) is -1.49. The first-order valence-corrected chi connectivity index (χ1v) is 6.68. The van der Waals surface area contributed by atoms with Crippen molar-refractivity contribution < 1.29 is 13.3 Å².